The first-order chi connectivity index (χ1) is 33.9. The Hall–Kier alpha value is -8.71. The molecule has 71 heavy (non-hydrogen) atoms. The van der Waals surface area contributed by atoms with Crippen LogP contribution in [0.5, 0.6) is 0 Å². The first kappa shape index (κ1) is 53.2. The van der Waals surface area contributed by atoms with Gasteiger partial charge in [-0.25, -0.2) is 37.9 Å². The van der Waals surface area contributed by atoms with E-state index in [1.54, 1.807) is 72.8 Å². The van der Waals surface area contributed by atoms with Crippen molar-refractivity contribution in [1.82, 2.24) is 19.1 Å². The van der Waals surface area contributed by atoms with E-state index in [2.05, 4.69) is 29.2 Å². The Bertz CT molecular complexity index is 3420. The number of rotatable bonds is 8. The van der Waals surface area contributed by atoms with E-state index in [1.165, 1.54) is 82.0 Å². The minimum absolute atomic E-state index is 0.185. The first-order valence-electron chi connectivity index (χ1n) is 20.2. The van der Waals surface area contributed by atoms with Crippen LogP contribution in [-0.2, 0) is 19.0 Å². The monoisotopic (exact) mass is 1020 g/mol. The number of hydrogen-bond donors (Lipinski definition) is 4. The molecule has 6 aromatic carbocycles. The van der Waals surface area contributed by atoms with Gasteiger partial charge in [-0.1, -0.05) is 40.9 Å². The van der Waals surface area contributed by atoms with Crippen molar-refractivity contribution >= 4 is 97.8 Å². The molecule has 0 aliphatic carbocycles. The van der Waals surface area contributed by atoms with Gasteiger partial charge >= 0.3 is 29.3 Å². The highest BCUT2D eigenvalue weighted by atomic mass is 35.5. The number of methoxy groups -OCH3 is 3. The normalized spacial score (nSPS) is 10.2. The van der Waals surface area contributed by atoms with E-state index in [0.717, 1.165) is 9.13 Å². The number of halogens is 3. The summed E-state index contributed by atoms with van der Waals surface area (Å²) in [7, 11) is 3.79. The number of H-pyrrole nitrogens is 2. The molecule has 0 unspecified atom stereocenters. The maximum atomic E-state index is 12.6. The van der Waals surface area contributed by atoms with E-state index in [0.29, 0.717) is 37.7 Å². The average Bonchev–Trinajstić information content (AvgIpc) is 3.37. The molecule has 8 rings (SSSR count). The van der Waals surface area contributed by atoms with Gasteiger partial charge in [-0.3, -0.25) is 14.4 Å². The molecule has 0 saturated heterocycles. The maximum Gasteiger partial charge on any atom is 0.339 e. The van der Waals surface area contributed by atoms with E-state index in [1.807, 2.05) is 0 Å². The summed E-state index contributed by atoms with van der Waals surface area (Å²) in [6, 6.07) is 32.1. The maximum absolute atomic E-state index is 12.6. The average molecular weight is 1020 g/mol. The highest BCUT2D eigenvalue weighted by molar-refractivity contribution is 6.31. The van der Waals surface area contributed by atoms with E-state index < -0.39 is 52.8 Å². The molecule has 2 aromatic heterocycles. The second-order valence-electron chi connectivity index (χ2n) is 14.2. The molecule has 0 radical (unpaired) electrons. The van der Waals surface area contributed by atoms with Crippen LogP contribution < -0.4 is 28.2 Å². The van der Waals surface area contributed by atoms with Crippen molar-refractivity contribution < 1.29 is 43.3 Å². The number of aliphatic hydroxyl groups excluding tert-OH is 1. The number of nitrogen functional groups attached to an aromatic ring is 1. The fourth-order valence-corrected chi connectivity index (χ4v) is 6.64. The van der Waals surface area contributed by atoms with Crippen molar-refractivity contribution in [2.45, 2.75) is 0 Å². The zero-order valence-corrected chi connectivity index (χ0v) is 39.5. The Morgan fingerprint density at radius 3 is 1.38 bits per heavy atom. The number of aromatic amines is 2. The number of aromatic nitrogens is 4. The Labute approximate surface area is 414 Å². The number of ether oxygens (including phenoxy) is 3. The molecule has 0 atom stereocenters. The van der Waals surface area contributed by atoms with Crippen molar-refractivity contribution in [1.29, 1.82) is 0 Å². The number of esters is 3. The molecule has 362 valence electrons. The van der Waals surface area contributed by atoms with Gasteiger partial charge in [0.2, 0.25) is 6.08 Å². The molecule has 0 aliphatic rings. The second kappa shape index (κ2) is 24.5. The molecule has 19 nitrogen and oxygen atoms in total. The Morgan fingerprint density at radius 2 is 0.972 bits per heavy atom. The minimum Gasteiger partial charge on any atom is -0.465 e. The summed E-state index contributed by atoms with van der Waals surface area (Å²) < 4.78 is 15.6. The Morgan fingerprint density at radius 1 is 0.577 bits per heavy atom. The van der Waals surface area contributed by atoms with E-state index in [4.69, 9.17) is 45.6 Å². The van der Waals surface area contributed by atoms with Gasteiger partial charge in [-0.2, -0.15) is 4.99 Å². The number of aliphatic hydroxyl groups is 1. The van der Waals surface area contributed by atoms with Gasteiger partial charge in [0.25, 0.3) is 11.1 Å². The van der Waals surface area contributed by atoms with E-state index in [-0.39, 0.29) is 44.2 Å². The number of isocyanates is 1. The predicted molar refractivity (Wildman–Crippen MR) is 266 cm³/mol. The summed E-state index contributed by atoms with van der Waals surface area (Å²) >= 11 is 17.2. The number of nitrogens with zero attached hydrogens (tertiary/aromatic N) is 3. The number of carbonyl (C=O) groups excluding carboxylic acids is 5. The fourth-order valence-electron chi connectivity index (χ4n) is 6.27. The van der Waals surface area contributed by atoms with Crippen molar-refractivity contribution in [3.05, 3.63) is 206 Å². The van der Waals surface area contributed by atoms with Crippen LogP contribution >= 0.6 is 34.8 Å². The molecule has 0 aliphatic heterocycles. The summed E-state index contributed by atoms with van der Waals surface area (Å²) in [5.41, 5.74) is 6.41. The van der Waals surface area contributed by atoms with Gasteiger partial charge < -0.3 is 35.0 Å². The lowest BCUT2D eigenvalue weighted by molar-refractivity contribution is 0.0587. The lowest BCUT2D eigenvalue weighted by Crippen LogP contribution is -2.33. The number of fused-ring (bicyclic) bond motifs is 2. The third kappa shape index (κ3) is 13.3. The second-order valence-corrected chi connectivity index (χ2v) is 15.5. The molecule has 0 bridgehead atoms. The minimum atomic E-state index is -0.641. The molecule has 0 saturated carbocycles. The van der Waals surface area contributed by atoms with Crippen molar-refractivity contribution in [2.75, 3.05) is 33.7 Å². The molecule has 8 aromatic rings. The van der Waals surface area contributed by atoms with Crippen LogP contribution in [-0.4, -0.2) is 81.9 Å². The number of benzene rings is 6. The van der Waals surface area contributed by atoms with Gasteiger partial charge in [0, 0.05) is 26.3 Å². The molecular formula is C49H37Cl3N6O13. The molecule has 0 amide bonds. The molecular weight excluding hydrogens is 987 g/mol. The van der Waals surface area contributed by atoms with Gasteiger partial charge in [-0.15, -0.1) is 0 Å². The zero-order chi connectivity index (χ0) is 51.9. The lowest BCUT2D eigenvalue weighted by Gasteiger charge is -2.07. The number of aliphatic imine (C=N–C) groups is 1. The number of nitrogens with one attached hydrogen (secondary N) is 2. The lowest BCUT2D eigenvalue weighted by atomic mass is 10.1. The van der Waals surface area contributed by atoms with E-state index in [9.17, 15) is 43.2 Å². The zero-order valence-electron chi connectivity index (χ0n) is 37.2. The number of ketones is 1. The topological polar surface area (TPSA) is 281 Å². The smallest absolute Gasteiger partial charge is 0.339 e. The number of nitrogens with two attached hydrogens (primary N) is 1. The third-order valence-electron chi connectivity index (χ3n) is 9.73. The van der Waals surface area contributed by atoms with Gasteiger partial charge in [0.15, 0.2) is 5.78 Å². The van der Waals surface area contributed by atoms with E-state index >= 15 is 0 Å². The molecule has 22 heteroatoms. The molecule has 0 fully saturated rings. The standard InChI is InChI=1S/2C16H11ClN2O4.C10H11NO4.C7H4ClNO/c1-23-15(21)9-2-7-12-13(8-9)18-16(22)19(14(12)20)11-5-3-10(17)4-6-11;17-10-2-4-11(5-3-10)19-15(22)12-6-1-9(14(21)8-20)7-13(12)18-16(19)23;1-14-9(12)6-3-4-7(8(11)5-6)10(13)15-2;8-6-1-3-7(4-2-6)9-5-10/h2-8H,1H3,(H,18,22);1-7,20H,8H2,(H,18,23);3-5H,11H2,1-2H3;1-4H. The third-order valence-corrected chi connectivity index (χ3v) is 10.5. The first-order valence-corrected chi connectivity index (χ1v) is 21.3. The largest absolute Gasteiger partial charge is 0.465 e. The van der Waals surface area contributed by atoms with Gasteiger partial charge in [0.05, 0.1) is 76.9 Å². The number of Topliss-reactive ketones (excluding diaryl/α,β-unsaturated/α-hetero) is 1. The summed E-state index contributed by atoms with van der Waals surface area (Å²) in [4.78, 5) is 113. The molecule has 0 spiro atoms. The SMILES string of the molecule is COC(=O)c1ccc(C(=O)OC)c(N)c1.COC(=O)c1ccc2c(=O)n(-c3ccc(Cl)cc3)c(=O)[nH]c2c1.O=C(CO)c1ccc2c(=O)n(-c3ccc(Cl)cc3)c(=O)[nH]c2c1.O=C=Nc1ccc(Cl)cc1. The Kier molecular flexibility index (Phi) is 18.4. The van der Waals surface area contributed by atoms with Crippen LogP contribution in [0.3, 0.4) is 0 Å². The highest BCUT2D eigenvalue weighted by Crippen LogP contribution is 2.18. The van der Waals surface area contributed by atoms with Crippen LogP contribution in [0, 0.1) is 0 Å². The number of hydrogen-bond acceptors (Lipinski definition) is 15. The quantitative estimate of drug-likeness (QED) is 0.0305. The van der Waals surface area contributed by atoms with Crippen LogP contribution in [0.4, 0.5) is 11.4 Å². The number of carbonyl (C=O) groups is 4. The van der Waals surface area contributed by atoms with Crippen LogP contribution in [0.15, 0.2) is 152 Å². The van der Waals surface area contributed by atoms with Crippen molar-refractivity contribution in [3.63, 3.8) is 0 Å². The molecule has 5 N–H and O–H groups in total. The fraction of sp³-hybridized carbons (Fsp3) is 0.0816. The van der Waals surface area contributed by atoms with Crippen molar-refractivity contribution in [2.24, 2.45) is 4.99 Å². The van der Waals surface area contributed by atoms with Gasteiger partial charge in [0.1, 0.15) is 6.61 Å². The highest BCUT2D eigenvalue weighted by Gasteiger charge is 2.15. The Balaban J connectivity index is 0.000000184. The molecule has 2 heterocycles. The van der Waals surface area contributed by atoms with Crippen LogP contribution in [0.2, 0.25) is 15.1 Å². The summed E-state index contributed by atoms with van der Waals surface area (Å²) in [5, 5.41) is 11.1. The summed E-state index contributed by atoms with van der Waals surface area (Å²) in [5.74, 6) is -2.08. The summed E-state index contributed by atoms with van der Waals surface area (Å²) in [6.45, 7) is -0.641. The van der Waals surface area contributed by atoms with Crippen LogP contribution in [0.1, 0.15) is 41.4 Å². The van der Waals surface area contributed by atoms with Crippen LogP contribution in [0.25, 0.3) is 33.2 Å². The predicted octanol–water partition coefficient (Wildman–Crippen LogP) is 6.78. The van der Waals surface area contributed by atoms with Crippen molar-refractivity contribution in [3.8, 4) is 11.4 Å². The summed E-state index contributed by atoms with van der Waals surface area (Å²) in [6.07, 6.45) is 1.44. The number of anilines is 1. The van der Waals surface area contributed by atoms with Gasteiger partial charge in [-0.05, 0) is 121 Å².